The molecule has 1 fully saturated rings. The summed E-state index contributed by atoms with van der Waals surface area (Å²) >= 11 is 0. The van der Waals surface area contributed by atoms with Crippen molar-refractivity contribution < 1.29 is 33.3 Å². The Labute approximate surface area is 292 Å². The molecular weight excluding hydrogens is 618 g/mol. The molecule has 0 heterocycles. The smallest absolute Gasteiger partial charge is 0.314 e. The number of aryl methyl sites for hydroxylation is 1. The molecule has 0 atom stereocenters. The molecule has 0 radical (unpaired) electrons. The minimum absolute atomic E-state index is 0.0970. The van der Waals surface area contributed by atoms with Gasteiger partial charge in [-0.1, -0.05) is 56.7 Å². The first kappa shape index (κ1) is 40.6. The van der Waals surface area contributed by atoms with Crippen LogP contribution >= 0.6 is 0 Å². The summed E-state index contributed by atoms with van der Waals surface area (Å²) in [7, 11) is 3.37. The van der Waals surface area contributed by atoms with Crippen molar-refractivity contribution in [3.63, 3.8) is 0 Å². The fraction of sp³-hybridized carbons (Fsp3) is 0.415. The molecule has 8 nitrogen and oxygen atoms in total. The first-order chi connectivity index (χ1) is 23.9. The fourth-order valence-electron chi connectivity index (χ4n) is 5.38. The number of aldehydes is 2. The van der Waals surface area contributed by atoms with E-state index in [0.29, 0.717) is 18.6 Å². The lowest BCUT2D eigenvalue weighted by Gasteiger charge is -2.23. The summed E-state index contributed by atoms with van der Waals surface area (Å²) in [5.74, 6) is 1.92. The Morgan fingerprint density at radius 1 is 0.837 bits per heavy atom. The van der Waals surface area contributed by atoms with Gasteiger partial charge in [0.25, 0.3) is 0 Å². The molecule has 1 saturated carbocycles. The van der Waals surface area contributed by atoms with Gasteiger partial charge in [-0.25, -0.2) is 0 Å². The van der Waals surface area contributed by atoms with Crippen LogP contribution in [0.3, 0.4) is 0 Å². The molecule has 264 valence electrons. The fourth-order valence-corrected chi connectivity index (χ4v) is 5.38. The van der Waals surface area contributed by atoms with Crippen LogP contribution in [0.5, 0.6) is 17.2 Å². The van der Waals surface area contributed by atoms with Gasteiger partial charge in [-0.15, -0.1) is 0 Å². The summed E-state index contributed by atoms with van der Waals surface area (Å²) in [5.41, 5.74) is 4.44. The second kappa shape index (κ2) is 24.6. The van der Waals surface area contributed by atoms with E-state index in [1.54, 1.807) is 26.4 Å². The van der Waals surface area contributed by atoms with E-state index >= 15 is 0 Å². The first-order valence-corrected chi connectivity index (χ1v) is 17.2. The number of rotatable bonds is 17. The molecule has 49 heavy (non-hydrogen) atoms. The van der Waals surface area contributed by atoms with Gasteiger partial charge in [-0.3, -0.25) is 9.59 Å². The van der Waals surface area contributed by atoms with Crippen LogP contribution in [-0.2, 0) is 25.5 Å². The summed E-state index contributed by atoms with van der Waals surface area (Å²) in [6.07, 6.45) is 13.9. The highest BCUT2D eigenvalue weighted by atomic mass is 16.5. The predicted octanol–water partition coefficient (Wildman–Crippen LogP) is 8.87. The Hall–Kier alpha value is -4.56. The number of hydrogen-bond donors (Lipinski definition) is 1. The van der Waals surface area contributed by atoms with Crippen LogP contribution in [0.2, 0.25) is 0 Å². The Morgan fingerprint density at radius 3 is 2.00 bits per heavy atom. The highest BCUT2D eigenvalue weighted by Crippen LogP contribution is 2.30. The van der Waals surface area contributed by atoms with Crippen LogP contribution in [-0.4, -0.2) is 52.2 Å². The Kier molecular flexibility index (Phi) is 20.4. The number of esters is 1. The number of carbonyl (C=O) groups is 3. The molecule has 0 unspecified atom stereocenters. The van der Waals surface area contributed by atoms with Crippen molar-refractivity contribution >= 4 is 24.8 Å². The van der Waals surface area contributed by atoms with Crippen molar-refractivity contribution in [3.05, 3.63) is 90.5 Å². The van der Waals surface area contributed by atoms with E-state index in [2.05, 4.69) is 37.8 Å². The second-order valence-corrected chi connectivity index (χ2v) is 11.8. The summed E-state index contributed by atoms with van der Waals surface area (Å²) in [6.45, 7) is 6.80. The van der Waals surface area contributed by atoms with Gasteiger partial charge in [0.15, 0.2) is 0 Å². The normalized spacial score (nSPS) is 14.8. The van der Waals surface area contributed by atoms with Gasteiger partial charge in [0.05, 0.1) is 19.6 Å². The summed E-state index contributed by atoms with van der Waals surface area (Å²) in [4.78, 5) is 32.1. The van der Waals surface area contributed by atoms with Gasteiger partial charge in [0, 0.05) is 31.4 Å². The minimum atomic E-state index is -0.195. The molecule has 0 bridgehead atoms. The van der Waals surface area contributed by atoms with Crippen LogP contribution in [0.1, 0.15) is 75.8 Å². The maximum Gasteiger partial charge on any atom is 0.314 e. The van der Waals surface area contributed by atoms with E-state index in [0.717, 1.165) is 105 Å². The highest BCUT2D eigenvalue weighted by Gasteiger charge is 2.27. The monoisotopic (exact) mass is 671 g/mol. The molecule has 1 aliphatic carbocycles. The molecule has 4 rings (SSSR count). The number of benzene rings is 3. The number of allylic oxidation sites excluding steroid dienone is 1. The van der Waals surface area contributed by atoms with Crippen molar-refractivity contribution in [3.8, 4) is 28.4 Å². The zero-order valence-corrected chi connectivity index (χ0v) is 29.4. The molecule has 3 aromatic carbocycles. The van der Waals surface area contributed by atoms with Gasteiger partial charge in [-0.05, 0) is 111 Å². The number of carbonyl (C=O) groups excluding carboxylic acids is 3. The largest absolute Gasteiger partial charge is 0.497 e. The van der Waals surface area contributed by atoms with Gasteiger partial charge in [0.1, 0.15) is 29.8 Å². The summed E-state index contributed by atoms with van der Waals surface area (Å²) < 4.78 is 21.4. The summed E-state index contributed by atoms with van der Waals surface area (Å²) in [5, 5.41) is 7.53. The Balaban J connectivity index is 0.000000318. The van der Waals surface area contributed by atoms with Crippen LogP contribution in [0.25, 0.3) is 11.1 Å². The zero-order valence-electron chi connectivity index (χ0n) is 29.4. The van der Waals surface area contributed by atoms with Crippen LogP contribution in [0, 0.1) is 17.2 Å². The van der Waals surface area contributed by atoms with E-state index in [4.69, 9.17) is 29.2 Å². The molecule has 1 N–H and O–H groups in total. The van der Waals surface area contributed by atoms with E-state index in [1.807, 2.05) is 30.3 Å². The molecule has 0 aromatic heterocycles. The summed E-state index contributed by atoms with van der Waals surface area (Å²) in [6, 6.07) is 21.6. The molecule has 8 heteroatoms. The zero-order chi connectivity index (χ0) is 35.7. The highest BCUT2D eigenvalue weighted by molar-refractivity contribution is 5.89. The van der Waals surface area contributed by atoms with Gasteiger partial charge >= 0.3 is 5.97 Å². The third-order valence-electron chi connectivity index (χ3n) is 8.17. The quantitative estimate of drug-likeness (QED) is 0.0381. The second-order valence-electron chi connectivity index (χ2n) is 11.8. The van der Waals surface area contributed by atoms with Gasteiger partial charge in [0.2, 0.25) is 0 Å². The van der Waals surface area contributed by atoms with E-state index in [9.17, 15) is 9.59 Å². The average molecular weight is 672 g/mol. The molecule has 3 aromatic rings. The molecular formula is C41H53NO7. The van der Waals surface area contributed by atoms with Crippen molar-refractivity contribution in [1.29, 1.82) is 5.41 Å². The third-order valence-corrected chi connectivity index (χ3v) is 8.17. The number of methoxy groups -OCH3 is 2. The maximum atomic E-state index is 12.2. The van der Waals surface area contributed by atoms with E-state index < -0.39 is 0 Å². The lowest BCUT2D eigenvalue weighted by Crippen LogP contribution is -2.26. The standard InChI is InChI=1S/C21H30O5.C17H19NO.C3H4O/c1-24-14-4-2-3-5-15-25-19-10-12-20(13-11-19)26-21(23)18-8-6-17(16-22)7-9-18;1-3-4-13-5-7-14(8-6-13)17-10-9-16(19-2)11-15(17)12-18;1-2-3-4/h10-13,16-18H,2-9,14-15H2,1H3;5-12,18H,3-4H2,1-2H3;2-3H,1H2. The molecule has 0 saturated heterocycles. The topological polar surface area (TPSA) is 112 Å². The number of nitrogens with one attached hydrogen (secondary N) is 1. The predicted molar refractivity (Wildman–Crippen MR) is 196 cm³/mol. The molecule has 1 aliphatic rings. The number of ether oxygens (including phenoxy) is 4. The van der Waals surface area contributed by atoms with Crippen molar-refractivity contribution in [2.75, 3.05) is 27.4 Å². The molecule has 0 amide bonds. The lowest BCUT2D eigenvalue weighted by molar-refractivity contribution is -0.140. The van der Waals surface area contributed by atoms with Crippen molar-refractivity contribution in [1.82, 2.24) is 0 Å². The van der Waals surface area contributed by atoms with Crippen LogP contribution in [0.4, 0.5) is 0 Å². The Bertz CT molecular complexity index is 1390. The van der Waals surface area contributed by atoms with Crippen molar-refractivity contribution in [2.24, 2.45) is 11.8 Å². The van der Waals surface area contributed by atoms with Gasteiger partial charge in [-0.2, -0.15) is 0 Å². The number of hydrogen-bond acceptors (Lipinski definition) is 8. The van der Waals surface area contributed by atoms with E-state index in [1.165, 1.54) is 17.9 Å². The minimum Gasteiger partial charge on any atom is -0.497 e. The number of unbranched alkanes of at least 4 members (excludes halogenated alkanes) is 3. The third kappa shape index (κ3) is 15.5. The first-order valence-electron chi connectivity index (χ1n) is 17.2. The molecule has 0 aliphatic heterocycles. The SMILES string of the molecule is C=CC=O.CCCc1ccc(-c2ccc(OC)cc2C=N)cc1.COCCCCCCOc1ccc(OC(=O)C2CCC(C=O)CC2)cc1. The Morgan fingerprint density at radius 2 is 1.45 bits per heavy atom. The molecule has 0 spiro atoms. The lowest BCUT2D eigenvalue weighted by atomic mass is 9.83. The maximum absolute atomic E-state index is 12.2. The average Bonchev–Trinajstić information content (AvgIpc) is 3.15. The van der Waals surface area contributed by atoms with Gasteiger partial charge < -0.3 is 29.2 Å². The van der Waals surface area contributed by atoms with Crippen molar-refractivity contribution in [2.45, 2.75) is 71.1 Å². The van der Waals surface area contributed by atoms with Crippen LogP contribution < -0.4 is 14.2 Å². The van der Waals surface area contributed by atoms with E-state index in [-0.39, 0.29) is 17.8 Å². The van der Waals surface area contributed by atoms with Crippen LogP contribution in [0.15, 0.2) is 79.4 Å².